The molecule has 10 heteroatoms. The number of nitrogens with zero attached hydrogens (tertiary/aromatic N) is 2. The fourth-order valence-corrected chi connectivity index (χ4v) is 12.5. The average molecular weight is 354 g/mol. The van der Waals surface area contributed by atoms with Crippen LogP contribution in [-0.4, -0.2) is 56.1 Å². The number of aliphatic hydroxyl groups excluding tert-OH is 4. The van der Waals surface area contributed by atoms with Gasteiger partial charge in [-0.1, -0.05) is 23.6 Å². The van der Waals surface area contributed by atoms with E-state index < -0.39 is 35.5 Å². The van der Waals surface area contributed by atoms with Crippen molar-refractivity contribution in [3.8, 4) is 12.1 Å². The molecule has 1 heterocycles. The van der Waals surface area contributed by atoms with E-state index in [9.17, 15) is 20.4 Å². The zero-order valence-corrected chi connectivity index (χ0v) is 14.0. The van der Waals surface area contributed by atoms with Gasteiger partial charge in [0.05, 0.1) is 12.1 Å². The van der Waals surface area contributed by atoms with E-state index in [-0.39, 0.29) is 25.2 Å². The average Bonchev–Trinajstić information content (AvgIpc) is 2.45. The zero-order valence-electron chi connectivity index (χ0n) is 10.5. The molecule has 6 nitrogen and oxygen atoms in total. The van der Waals surface area contributed by atoms with Crippen molar-refractivity contribution in [2.24, 2.45) is 0 Å². The lowest BCUT2D eigenvalue weighted by atomic mass is 10.6. The van der Waals surface area contributed by atoms with Gasteiger partial charge in [-0.25, -0.2) is 0 Å². The van der Waals surface area contributed by atoms with Crippen LogP contribution in [-0.2, 0) is 23.6 Å². The minimum absolute atomic E-state index is 0.0336. The Morgan fingerprint density at radius 2 is 1.00 bits per heavy atom. The molecule has 0 spiro atoms. The van der Waals surface area contributed by atoms with Gasteiger partial charge in [-0.15, -0.1) is 0 Å². The van der Waals surface area contributed by atoms with Gasteiger partial charge in [0.2, 0.25) is 0 Å². The Labute approximate surface area is 127 Å². The zero-order chi connectivity index (χ0) is 15.6. The summed E-state index contributed by atoms with van der Waals surface area (Å²) in [5.41, 5.74) is 0. The van der Waals surface area contributed by atoms with Crippen LogP contribution >= 0.6 is 12.1 Å². The summed E-state index contributed by atoms with van der Waals surface area (Å²) in [5.74, 6) is -5.58. The molecule has 4 atom stereocenters. The summed E-state index contributed by atoms with van der Waals surface area (Å²) in [6, 6.07) is -2.11. The number of aliphatic hydroxyl groups is 4. The van der Waals surface area contributed by atoms with Gasteiger partial charge in [0.1, 0.15) is 23.4 Å². The van der Waals surface area contributed by atoms with Crippen LogP contribution in [0.5, 0.6) is 0 Å². The molecule has 0 aromatic rings. The minimum atomic E-state index is -2.94. The monoisotopic (exact) mass is 354 g/mol. The van der Waals surface area contributed by atoms with Crippen LogP contribution in [0.2, 0.25) is 0 Å². The summed E-state index contributed by atoms with van der Waals surface area (Å²) >= 11 is 10.6. The van der Waals surface area contributed by atoms with Crippen molar-refractivity contribution >= 4 is 35.7 Å². The fraction of sp³-hybridized carbons (Fsp3) is 0.800. The van der Waals surface area contributed by atoms with Gasteiger partial charge in [-0.3, -0.25) is 0 Å². The Morgan fingerprint density at radius 1 is 0.750 bits per heavy atom. The second-order valence-electron chi connectivity index (χ2n) is 4.63. The molecule has 1 aliphatic rings. The molecule has 0 radical (unpaired) electrons. The molecule has 20 heavy (non-hydrogen) atoms. The lowest BCUT2D eigenvalue weighted by Crippen LogP contribution is -2.45. The summed E-state index contributed by atoms with van der Waals surface area (Å²) in [5, 5.41) is 58.2. The first-order valence-electron chi connectivity index (χ1n) is 5.88. The Bertz CT molecular complexity index is 472. The molecule has 1 fully saturated rings. The van der Waals surface area contributed by atoms with Crippen molar-refractivity contribution in [1.82, 2.24) is 0 Å². The molecule has 0 amide bonds. The molecule has 1 saturated heterocycles. The van der Waals surface area contributed by atoms with Crippen molar-refractivity contribution < 1.29 is 20.4 Å². The maximum absolute atomic E-state index is 10.2. The Hall–Kier alpha value is 0.120. The third kappa shape index (κ3) is 2.99. The van der Waals surface area contributed by atoms with Crippen molar-refractivity contribution in [1.29, 1.82) is 10.5 Å². The second-order valence-corrected chi connectivity index (χ2v) is 15.1. The van der Waals surface area contributed by atoms with Gasteiger partial charge in [0.15, 0.2) is 0 Å². The Morgan fingerprint density at radius 3 is 1.20 bits per heavy atom. The van der Waals surface area contributed by atoms with Gasteiger partial charge in [-0.2, -0.15) is 10.5 Å². The highest BCUT2D eigenvalue weighted by Gasteiger charge is 2.55. The van der Waals surface area contributed by atoms with Gasteiger partial charge in [0.25, 0.3) is 0 Å². The Kier molecular flexibility index (Phi) is 6.29. The topological polar surface area (TPSA) is 128 Å². The van der Waals surface area contributed by atoms with Crippen LogP contribution in [0.4, 0.5) is 0 Å². The summed E-state index contributed by atoms with van der Waals surface area (Å²) in [6.45, 7) is 0. The lowest BCUT2D eigenvalue weighted by Gasteiger charge is -2.48. The normalized spacial score (nSPS) is 44.5. The highest BCUT2D eigenvalue weighted by molar-refractivity contribution is 8.19. The summed E-state index contributed by atoms with van der Waals surface area (Å²) in [6.07, 6.45) is 0.212. The highest BCUT2D eigenvalue weighted by atomic mass is 32.4. The molecule has 0 aromatic carbocycles. The molecule has 0 aromatic heterocycles. The van der Waals surface area contributed by atoms with Gasteiger partial charge < -0.3 is 20.4 Å². The molecule has 112 valence electrons. The van der Waals surface area contributed by atoms with Crippen LogP contribution in [0.3, 0.4) is 0 Å². The van der Waals surface area contributed by atoms with Crippen LogP contribution in [0, 0.1) is 22.7 Å². The number of rotatable bonds is 4. The van der Waals surface area contributed by atoms with E-state index in [2.05, 4.69) is 0 Å². The van der Waals surface area contributed by atoms with E-state index >= 15 is 0 Å². The van der Waals surface area contributed by atoms with E-state index in [1.165, 1.54) is 0 Å². The van der Waals surface area contributed by atoms with Crippen molar-refractivity contribution in [2.45, 2.75) is 36.2 Å². The van der Waals surface area contributed by atoms with E-state index in [4.69, 9.17) is 34.1 Å². The molecule has 0 aliphatic carbocycles. The molecular weight excluding hydrogens is 338 g/mol. The summed E-state index contributed by atoms with van der Waals surface area (Å²) < 4.78 is 0. The van der Waals surface area contributed by atoms with Crippen molar-refractivity contribution in [3.05, 3.63) is 0 Å². The van der Waals surface area contributed by atoms with E-state index in [0.717, 1.165) is 0 Å². The number of hydrogen-bond acceptors (Lipinski definition) is 8. The van der Waals surface area contributed by atoms with Gasteiger partial charge in [-0.05, 0) is 12.3 Å². The van der Waals surface area contributed by atoms with Gasteiger partial charge in [0, 0.05) is 24.9 Å². The maximum atomic E-state index is 10.2. The minimum Gasteiger partial charge on any atom is -0.385 e. The molecule has 4 unspecified atom stereocenters. The molecule has 1 aliphatic heterocycles. The Balaban J connectivity index is 3.15. The highest BCUT2D eigenvalue weighted by Crippen LogP contribution is 2.72. The molecule has 0 bridgehead atoms. The summed E-state index contributed by atoms with van der Waals surface area (Å²) in [7, 11) is 0. The second kappa shape index (κ2) is 6.92. The SMILES string of the molecule is N#CCCP1(=S)C(O)C(O)P(=S)(CCC#N)C(O)C1O. The first kappa shape index (κ1) is 18.2. The lowest BCUT2D eigenvalue weighted by molar-refractivity contribution is 0.0770. The van der Waals surface area contributed by atoms with E-state index in [1.54, 1.807) is 0 Å². The molecule has 0 saturated carbocycles. The van der Waals surface area contributed by atoms with Crippen LogP contribution in [0.25, 0.3) is 0 Å². The largest absolute Gasteiger partial charge is 0.385 e. The molecule has 1 rings (SSSR count). The van der Waals surface area contributed by atoms with E-state index in [1.807, 2.05) is 12.1 Å². The molecule has 4 N–H and O–H groups in total. The van der Waals surface area contributed by atoms with Crippen LogP contribution < -0.4 is 0 Å². The summed E-state index contributed by atoms with van der Waals surface area (Å²) in [4.78, 5) is 0. The predicted octanol–water partition coefficient (Wildman–Crippen LogP) is 0.0600. The first-order valence-corrected chi connectivity index (χ1v) is 12.1. The maximum Gasteiger partial charge on any atom is 0.115 e. The first-order chi connectivity index (χ1) is 9.25. The molecular formula is C10H16N2O4P2S2. The third-order valence-electron chi connectivity index (χ3n) is 3.47. The van der Waals surface area contributed by atoms with Crippen molar-refractivity contribution in [2.75, 3.05) is 12.3 Å². The third-order valence-corrected chi connectivity index (χ3v) is 14.2. The van der Waals surface area contributed by atoms with E-state index in [0.29, 0.717) is 0 Å². The fourth-order valence-electron chi connectivity index (χ4n) is 2.19. The standard InChI is InChI=1S/C10H16N2O4P2S2/c11-3-1-5-17(19)7(13)9(15)18(20,6-2-4-12)10(16)8(17)14/h7-10,13-16H,1-2,5-6H2. The number of hydrogen-bond donors (Lipinski definition) is 4. The van der Waals surface area contributed by atoms with Gasteiger partial charge >= 0.3 is 0 Å². The number of nitriles is 2. The van der Waals surface area contributed by atoms with Crippen molar-refractivity contribution in [3.63, 3.8) is 0 Å². The quantitative estimate of drug-likeness (QED) is 0.522. The van der Waals surface area contributed by atoms with Crippen LogP contribution in [0.15, 0.2) is 0 Å². The predicted molar refractivity (Wildman–Crippen MR) is 82.8 cm³/mol. The van der Waals surface area contributed by atoms with Crippen LogP contribution in [0.1, 0.15) is 12.8 Å². The smallest absolute Gasteiger partial charge is 0.115 e.